The number of aryl methyl sites for hydroxylation is 1. The number of anilines is 1. The summed E-state index contributed by atoms with van der Waals surface area (Å²) in [5.74, 6) is -0.0792. The minimum atomic E-state index is -3.12. The molecule has 39 heavy (non-hydrogen) atoms. The summed E-state index contributed by atoms with van der Waals surface area (Å²) >= 11 is 0. The van der Waals surface area contributed by atoms with Crippen LogP contribution >= 0.6 is 0 Å². The number of cyclic esters (lactones) is 1. The number of rotatable bonds is 8. The minimum absolute atomic E-state index is 0.00355. The standard InChI is InChI=1S/C30H39FN2O5Si/c1-20-26(13-10-21-8-11-24(12-9-21)32-14-15-37-30(32)36)38-27(29(20)39(2,3)31)17-28(35)33-18-23-7-5-4-6-22(23)16-25(33)19-34/h4-9,11-12,20,25-27,29,34H,10,13-19H2,1-3H3/t20-,25+,26+,27-,29+/m1/s1. The molecule has 9 heteroatoms. The molecule has 2 saturated heterocycles. The highest BCUT2D eigenvalue weighted by Gasteiger charge is 2.52. The Morgan fingerprint density at radius 1 is 1.10 bits per heavy atom. The van der Waals surface area contributed by atoms with E-state index in [1.54, 1.807) is 22.9 Å². The molecule has 7 nitrogen and oxygen atoms in total. The third-order valence-corrected chi connectivity index (χ3v) is 11.2. The first kappa shape index (κ1) is 27.8. The fourth-order valence-electron chi connectivity index (χ4n) is 6.69. The first-order valence-corrected chi connectivity index (χ1v) is 17.0. The summed E-state index contributed by atoms with van der Waals surface area (Å²) in [5.41, 5.74) is 3.91. The van der Waals surface area contributed by atoms with E-state index in [-0.39, 0.29) is 48.6 Å². The van der Waals surface area contributed by atoms with Gasteiger partial charge in [-0.3, -0.25) is 9.69 Å². The highest BCUT2D eigenvalue weighted by molar-refractivity contribution is 6.72. The van der Waals surface area contributed by atoms with Crippen LogP contribution in [0, 0.1) is 5.92 Å². The van der Waals surface area contributed by atoms with Crippen LogP contribution in [0.15, 0.2) is 48.5 Å². The number of aliphatic hydroxyl groups excluding tert-OH is 1. The van der Waals surface area contributed by atoms with Crippen LogP contribution in [0.25, 0.3) is 0 Å². The van der Waals surface area contributed by atoms with Crippen molar-refractivity contribution in [2.24, 2.45) is 5.92 Å². The van der Waals surface area contributed by atoms with Crippen molar-refractivity contribution in [3.8, 4) is 0 Å². The maximum absolute atomic E-state index is 15.6. The van der Waals surface area contributed by atoms with Crippen molar-refractivity contribution in [3.63, 3.8) is 0 Å². The number of hydrogen-bond donors (Lipinski definition) is 1. The largest absolute Gasteiger partial charge is 0.447 e. The maximum atomic E-state index is 15.6. The van der Waals surface area contributed by atoms with Crippen molar-refractivity contribution in [2.75, 3.05) is 24.7 Å². The van der Waals surface area contributed by atoms with E-state index in [1.165, 1.54) is 0 Å². The third kappa shape index (κ3) is 5.90. The molecule has 5 atom stereocenters. The van der Waals surface area contributed by atoms with Gasteiger partial charge in [0.25, 0.3) is 0 Å². The van der Waals surface area contributed by atoms with E-state index < -0.39 is 14.5 Å². The Morgan fingerprint density at radius 3 is 2.46 bits per heavy atom. The van der Waals surface area contributed by atoms with Crippen LogP contribution in [0.4, 0.5) is 14.6 Å². The molecule has 2 aromatic rings. The molecule has 0 aliphatic carbocycles. The van der Waals surface area contributed by atoms with Crippen LogP contribution in [0.3, 0.4) is 0 Å². The maximum Gasteiger partial charge on any atom is 0.414 e. The summed E-state index contributed by atoms with van der Waals surface area (Å²) in [6.07, 6.45) is 1.31. The second-order valence-corrected chi connectivity index (χ2v) is 15.5. The molecule has 5 rings (SSSR count). The van der Waals surface area contributed by atoms with Crippen molar-refractivity contribution in [2.45, 2.75) is 76.0 Å². The lowest BCUT2D eigenvalue weighted by Crippen LogP contribution is -2.48. The molecular weight excluding hydrogens is 515 g/mol. The number of ether oxygens (including phenoxy) is 2. The molecule has 0 aromatic heterocycles. The Hall–Kier alpha value is -2.75. The quantitative estimate of drug-likeness (QED) is 0.373. The second-order valence-electron chi connectivity index (χ2n) is 11.7. The summed E-state index contributed by atoms with van der Waals surface area (Å²) in [4.78, 5) is 28.8. The SMILES string of the molecule is C[C@H]1[C@H]([Si](C)(C)F)[C@@H](CC(=O)N2Cc3ccccc3C[C@H]2CO)O[C@H]1CCc1ccc(N2CCOC2=O)cc1. The van der Waals surface area contributed by atoms with E-state index in [0.717, 1.165) is 35.2 Å². The van der Waals surface area contributed by atoms with Crippen molar-refractivity contribution in [1.82, 2.24) is 4.90 Å². The Labute approximate surface area is 231 Å². The van der Waals surface area contributed by atoms with Gasteiger partial charge in [0.1, 0.15) is 6.61 Å². The van der Waals surface area contributed by atoms with Gasteiger partial charge in [-0.2, -0.15) is 0 Å². The summed E-state index contributed by atoms with van der Waals surface area (Å²) in [7, 11) is -3.12. The Kier molecular flexibility index (Phi) is 8.12. The lowest BCUT2D eigenvalue weighted by Gasteiger charge is -2.37. The number of carbonyl (C=O) groups is 2. The molecule has 2 aromatic carbocycles. The van der Waals surface area contributed by atoms with Gasteiger partial charge in [-0.15, -0.1) is 0 Å². The fraction of sp³-hybridized carbons (Fsp3) is 0.533. The van der Waals surface area contributed by atoms with Gasteiger partial charge in [0.2, 0.25) is 14.3 Å². The monoisotopic (exact) mass is 554 g/mol. The van der Waals surface area contributed by atoms with E-state index in [9.17, 15) is 14.7 Å². The molecule has 0 radical (unpaired) electrons. The van der Waals surface area contributed by atoms with Gasteiger partial charge in [-0.1, -0.05) is 43.3 Å². The molecule has 3 heterocycles. The van der Waals surface area contributed by atoms with Crippen molar-refractivity contribution >= 4 is 26.1 Å². The average Bonchev–Trinajstić information content (AvgIpc) is 3.48. The zero-order chi connectivity index (χ0) is 27.7. The van der Waals surface area contributed by atoms with Crippen molar-refractivity contribution in [1.29, 1.82) is 0 Å². The van der Waals surface area contributed by atoms with E-state index in [0.29, 0.717) is 26.1 Å². The number of aliphatic hydroxyl groups is 1. The molecule has 210 valence electrons. The van der Waals surface area contributed by atoms with Crippen LogP contribution in [-0.4, -0.2) is 68.4 Å². The zero-order valence-corrected chi connectivity index (χ0v) is 24.0. The Bertz CT molecular complexity index is 1190. The van der Waals surface area contributed by atoms with Crippen LogP contribution in [0.2, 0.25) is 18.6 Å². The van der Waals surface area contributed by atoms with Crippen LogP contribution in [-0.2, 0) is 33.7 Å². The number of nitrogens with zero attached hydrogens (tertiary/aromatic N) is 2. The predicted octanol–water partition coefficient (Wildman–Crippen LogP) is 4.86. The van der Waals surface area contributed by atoms with E-state index in [4.69, 9.17) is 9.47 Å². The molecule has 0 saturated carbocycles. The van der Waals surface area contributed by atoms with Gasteiger partial charge in [0, 0.05) is 17.8 Å². The highest BCUT2D eigenvalue weighted by atomic mass is 28.4. The number of fused-ring (bicyclic) bond motifs is 1. The molecule has 0 unspecified atom stereocenters. The highest BCUT2D eigenvalue weighted by Crippen LogP contribution is 2.47. The van der Waals surface area contributed by atoms with Crippen molar-refractivity contribution < 1.29 is 28.3 Å². The number of benzene rings is 2. The van der Waals surface area contributed by atoms with Crippen LogP contribution in [0.1, 0.15) is 36.5 Å². The van der Waals surface area contributed by atoms with E-state index >= 15 is 4.11 Å². The Morgan fingerprint density at radius 2 is 1.82 bits per heavy atom. The number of halogens is 1. The van der Waals surface area contributed by atoms with Gasteiger partial charge in [0.05, 0.1) is 37.8 Å². The molecule has 2 amide bonds. The number of amides is 2. The van der Waals surface area contributed by atoms with Gasteiger partial charge in [-0.05, 0) is 67.1 Å². The normalized spacial score (nSPS) is 27.0. The Balaban J connectivity index is 1.24. The topological polar surface area (TPSA) is 79.3 Å². The van der Waals surface area contributed by atoms with Crippen LogP contribution < -0.4 is 4.90 Å². The summed E-state index contributed by atoms with van der Waals surface area (Å²) in [6, 6.07) is 15.6. The summed E-state index contributed by atoms with van der Waals surface area (Å²) in [5, 5.41) is 10.0. The van der Waals surface area contributed by atoms with Crippen LogP contribution in [0.5, 0.6) is 0 Å². The van der Waals surface area contributed by atoms with E-state index in [1.807, 2.05) is 48.5 Å². The molecule has 0 spiro atoms. The molecule has 3 aliphatic rings. The number of hydrogen-bond acceptors (Lipinski definition) is 5. The molecule has 2 fully saturated rings. The molecule has 0 bridgehead atoms. The minimum Gasteiger partial charge on any atom is -0.447 e. The first-order valence-electron chi connectivity index (χ1n) is 14.0. The van der Waals surface area contributed by atoms with Gasteiger partial charge in [-0.25, -0.2) is 4.79 Å². The summed E-state index contributed by atoms with van der Waals surface area (Å²) < 4.78 is 27.1. The molecular formula is C30H39FN2O5Si. The predicted molar refractivity (Wildman–Crippen MR) is 150 cm³/mol. The third-order valence-electron chi connectivity index (χ3n) is 8.68. The summed E-state index contributed by atoms with van der Waals surface area (Å²) in [6.45, 7) is 6.80. The average molecular weight is 555 g/mol. The smallest absolute Gasteiger partial charge is 0.414 e. The first-order chi connectivity index (χ1) is 18.7. The lowest BCUT2D eigenvalue weighted by molar-refractivity contribution is -0.138. The fourth-order valence-corrected chi connectivity index (χ4v) is 9.23. The van der Waals surface area contributed by atoms with Gasteiger partial charge in [0.15, 0.2) is 0 Å². The van der Waals surface area contributed by atoms with Crippen molar-refractivity contribution in [3.05, 3.63) is 65.2 Å². The molecule has 3 aliphatic heterocycles. The lowest BCUT2D eigenvalue weighted by atomic mass is 9.93. The molecule has 1 N–H and O–H groups in total. The van der Waals surface area contributed by atoms with Gasteiger partial charge < -0.3 is 23.6 Å². The second kappa shape index (κ2) is 11.4. The number of carbonyl (C=O) groups excluding carboxylic acids is 2. The zero-order valence-electron chi connectivity index (χ0n) is 23.0. The van der Waals surface area contributed by atoms with Gasteiger partial charge >= 0.3 is 6.09 Å². The van der Waals surface area contributed by atoms with E-state index in [2.05, 4.69) is 6.92 Å².